The van der Waals surface area contributed by atoms with Crippen molar-refractivity contribution < 1.29 is 39.0 Å². The average molecular weight is 553 g/mol. The van der Waals surface area contributed by atoms with E-state index in [0.29, 0.717) is 16.7 Å². The third-order valence-electron chi connectivity index (χ3n) is 8.41. The summed E-state index contributed by atoms with van der Waals surface area (Å²) in [5.74, 6) is -7.71. The van der Waals surface area contributed by atoms with Gasteiger partial charge in [-0.1, -0.05) is 54.6 Å². The maximum Gasteiger partial charge on any atom is 0.325 e. The molecule has 3 aliphatic rings. The molecule has 0 bridgehead atoms. The summed E-state index contributed by atoms with van der Waals surface area (Å²) in [4.78, 5) is 79.3. The van der Waals surface area contributed by atoms with Gasteiger partial charge in [0.05, 0.1) is 24.8 Å². The first-order chi connectivity index (χ1) is 19.5. The number of carboxylic acid groups (broad SMARTS) is 2. The lowest BCUT2D eigenvalue weighted by Gasteiger charge is -2.30. The van der Waals surface area contributed by atoms with Crippen LogP contribution in [0.4, 0.5) is 0 Å². The number of carbonyl (C=O) groups excluding carboxylic acids is 4. The number of rotatable bonds is 6. The van der Waals surface area contributed by atoms with Gasteiger partial charge in [-0.05, 0) is 35.7 Å². The minimum absolute atomic E-state index is 0.149. The molecule has 2 aliphatic heterocycles. The van der Waals surface area contributed by atoms with Crippen LogP contribution in [-0.2, 0) is 25.7 Å². The molecule has 2 amide bonds. The Kier molecular flexibility index (Phi) is 5.97. The van der Waals surface area contributed by atoms with E-state index in [9.17, 15) is 39.0 Å². The van der Waals surface area contributed by atoms with Gasteiger partial charge in [0, 0.05) is 28.3 Å². The van der Waals surface area contributed by atoms with Crippen molar-refractivity contribution in [3.8, 4) is 0 Å². The number of fused-ring (bicyclic) bond motifs is 3. The number of hydrogen-bond acceptors (Lipinski definition) is 7. The molecular weight excluding hydrogens is 528 g/mol. The molecule has 0 spiro atoms. The Labute approximate surface area is 233 Å². The summed E-state index contributed by atoms with van der Waals surface area (Å²) >= 11 is 0. The van der Waals surface area contributed by atoms with Gasteiger partial charge >= 0.3 is 11.9 Å². The number of nitrogens with one attached hydrogen (secondary N) is 1. The maximum atomic E-state index is 13.9. The molecule has 0 saturated carbocycles. The highest BCUT2D eigenvalue weighted by Crippen LogP contribution is 2.51. The van der Waals surface area contributed by atoms with Gasteiger partial charge in [0.2, 0.25) is 11.8 Å². The Balaban J connectivity index is 1.39. The largest absolute Gasteiger partial charge is 0.481 e. The van der Waals surface area contributed by atoms with Gasteiger partial charge in [0.1, 0.15) is 5.54 Å². The lowest BCUT2D eigenvalue weighted by atomic mass is 9.77. The molecule has 2 saturated heterocycles. The molecule has 41 heavy (non-hydrogen) atoms. The normalized spacial score (nSPS) is 24.7. The van der Waals surface area contributed by atoms with E-state index in [4.69, 9.17) is 0 Å². The molecule has 3 aromatic carbocycles. The molecule has 4 unspecified atom stereocenters. The van der Waals surface area contributed by atoms with Crippen molar-refractivity contribution in [2.24, 2.45) is 11.8 Å². The molecule has 0 radical (unpaired) electrons. The SMILES string of the molecule is Cc1ccccc1C1NC(CC(=O)O)(C(=O)O)C2C(=O)N(Cc3ccc4c(c3)C(=O)c3ccccc3C4=O)C(=O)C12. The zero-order valence-electron chi connectivity index (χ0n) is 21.8. The van der Waals surface area contributed by atoms with E-state index in [0.717, 1.165) is 10.5 Å². The van der Waals surface area contributed by atoms with Crippen molar-refractivity contribution in [3.63, 3.8) is 0 Å². The number of carbonyl (C=O) groups is 6. The summed E-state index contributed by atoms with van der Waals surface area (Å²) < 4.78 is 0. The van der Waals surface area contributed by atoms with E-state index in [1.807, 2.05) is 0 Å². The topological polar surface area (TPSA) is 158 Å². The monoisotopic (exact) mass is 552 g/mol. The van der Waals surface area contributed by atoms with Crippen LogP contribution in [0.1, 0.15) is 61.0 Å². The number of likely N-dealkylation sites (tertiary alicyclic amines) is 1. The Morgan fingerprint density at radius 2 is 1.44 bits per heavy atom. The Morgan fingerprint density at radius 1 is 0.829 bits per heavy atom. The van der Waals surface area contributed by atoms with Crippen LogP contribution in [0.2, 0.25) is 0 Å². The summed E-state index contributed by atoms with van der Waals surface area (Å²) in [6, 6.07) is 17.1. The van der Waals surface area contributed by atoms with Crippen LogP contribution in [0.3, 0.4) is 0 Å². The molecule has 6 rings (SSSR count). The Bertz CT molecular complexity index is 1710. The number of ketones is 2. The van der Waals surface area contributed by atoms with E-state index in [2.05, 4.69) is 5.32 Å². The first-order valence-electron chi connectivity index (χ1n) is 13.0. The average Bonchev–Trinajstić information content (AvgIpc) is 3.41. The fraction of sp³-hybridized carbons (Fsp3) is 0.226. The lowest BCUT2D eigenvalue weighted by molar-refractivity contribution is -0.156. The third-order valence-corrected chi connectivity index (χ3v) is 8.41. The molecular formula is C31H24N2O8. The maximum absolute atomic E-state index is 13.9. The number of carboxylic acids is 2. The summed E-state index contributed by atoms with van der Waals surface area (Å²) in [7, 11) is 0. The fourth-order valence-corrected chi connectivity index (χ4v) is 6.52. The lowest BCUT2D eigenvalue weighted by Crippen LogP contribution is -2.56. The van der Waals surface area contributed by atoms with E-state index in [-0.39, 0.29) is 34.8 Å². The van der Waals surface area contributed by atoms with E-state index in [1.165, 1.54) is 12.1 Å². The van der Waals surface area contributed by atoms with Crippen LogP contribution in [0.25, 0.3) is 0 Å². The van der Waals surface area contributed by atoms with Gasteiger partial charge in [-0.3, -0.25) is 39.0 Å². The first-order valence-corrected chi connectivity index (χ1v) is 13.0. The molecule has 206 valence electrons. The number of imide groups is 1. The van der Waals surface area contributed by atoms with Crippen molar-refractivity contribution in [3.05, 3.63) is 106 Å². The van der Waals surface area contributed by atoms with Crippen LogP contribution in [0.5, 0.6) is 0 Å². The molecule has 4 atom stereocenters. The van der Waals surface area contributed by atoms with Crippen molar-refractivity contribution in [1.29, 1.82) is 0 Å². The summed E-state index contributed by atoms with van der Waals surface area (Å²) in [6.07, 6.45) is -0.909. The molecule has 2 fully saturated rings. The molecule has 1 aliphatic carbocycles. The van der Waals surface area contributed by atoms with Crippen LogP contribution in [-0.4, -0.2) is 56.0 Å². The van der Waals surface area contributed by atoms with Crippen LogP contribution in [0, 0.1) is 18.8 Å². The van der Waals surface area contributed by atoms with Gasteiger partial charge in [0.25, 0.3) is 0 Å². The summed E-state index contributed by atoms with van der Waals surface area (Å²) in [6.45, 7) is 1.51. The minimum Gasteiger partial charge on any atom is -0.481 e. The summed E-state index contributed by atoms with van der Waals surface area (Å²) in [5.41, 5.74) is 0.440. The molecule has 3 N–H and O–H groups in total. The smallest absolute Gasteiger partial charge is 0.325 e. The fourth-order valence-electron chi connectivity index (χ4n) is 6.52. The number of hydrogen-bond donors (Lipinski definition) is 3. The number of nitrogens with zero attached hydrogens (tertiary/aromatic N) is 1. The second kappa shape index (κ2) is 9.31. The molecule has 3 aromatic rings. The van der Waals surface area contributed by atoms with Crippen molar-refractivity contribution >= 4 is 35.3 Å². The zero-order valence-corrected chi connectivity index (χ0v) is 21.8. The predicted octanol–water partition coefficient (Wildman–Crippen LogP) is 2.51. The van der Waals surface area contributed by atoms with Gasteiger partial charge in [-0.2, -0.15) is 0 Å². The second-order valence-corrected chi connectivity index (χ2v) is 10.7. The number of aryl methyl sites for hydroxylation is 1. The number of benzene rings is 3. The molecule has 10 nitrogen and oxygen atoms in total. The van der Waals surface area contributed by atoms with Gasteiger partial charge in [0.15, 0.2) is 11.6 Å². The van der Waals surface area contributed by atoms with Crippen LogP contribution < -0.4 is 5.32 Å². The Hall–Kier alpha value is -4.96. The Morgan fingerprint density at radius 3 is 2.07 bits per heavy atom. The van der Waals surface area contributed by atoms with Gasteiger partial charge in [-0.25, -0.2) is 0 Å². The highest BCUT2D eigenvalue weighted by molar-refractivity contribution is 6.28. The predicted molar refractivity (Wildman–Crippen MR) is 142 cm³/mol. The van der Waals surface area contributed by atoms with Crippen molar-refractivity contribution in [1.82, 2.24) is 10.2 Å². The molecule has 2 heterocycles. The van der Waals surface area contributed by atoms with Crippen molar-refractivity contribution in [2.45, 2.75) is 31.5 Å². The zero-order chi connectivity index (χ0) is 29.2. The van der Waals surface area contributed by atoms with Crippen LogP contribution in [0.15, 0.2) is 66.7 Å². The first kappa shape index (κ1) is 26.3. The van der Waals surface area contributed by atoms with E-state index < -0.39 is 53.6 Å². The highest BCUT2D eigenvalue weighted by atomic mass is 16.4. The summed E-state index contributed by atoms with van der Waals surface area (Å²) in [5, 5.41) is 22.8. The molecule has 10 heteroatoms. The molecule has 0 aromatic heterocycles. The second-order valence-electron chi connectivity index (χ2n) is 10.7. The highest BCUT2D eigenvalue weighted by Gasteiger charge is 2.69. The van der Waals surface area contributed by atoms with Crippen LogP contribution >= 0.6 is 0 Å². The minimum atomic E-state index is -2.22. The standard InChI is InChI=1S/C31H24N2O8/c1-15-6-2-3-7-17(15)25-23-24(31(32-25,30(40)41)13-22(34)35)29(39)33(28(23)38)14-16-10-11-20-21(12-16)27(37)19-9-5-4-8-18(19)26(20)36/h2-12,23-25,32H,13-14H2,1H3,(H,34,35)(H,40,41). The van der Waals surface area contributed by atoms with Crippen molar-refractivity contribution in [2.75, 3.05) is 0 Å². The number of amides is 2. The van der Waals surface area contributed by atoms with E-state index in [1.54, 1.807) is 61.5 Å². The third kappa shape index (κ3) is 3.82. The van der Waals surface area contributed by atoms with Gasteiger partial charge in [-0.15, -0.1) is 0 Å². The number of aliphatic carboxylic acids is 2. The van der Waals surface area contributed by atoms with Gasteiger partial charge < -0.3 is 10.2 Å². The quantitative estimate of drug-likeness (QED) is 0.306. The van der Waals surface area contributed by atoms with E-state index >= 15 is 0 Å².